The van der Waals surface area contributed by atoms with Crippen molar-refractivity contribution in [3.63, 3.8) is 0 Å². The molecule has 9 heteroatoms. The Bertz CT molecular complexity index is 204. The third-order valence-electron chi connectivity index (χ3n) is 1.49. The van der Waals surface area contributed by atoms with Gasteiger partial charge in [0.1, 0.15) is 6.73 Å². The largest absolute Gasteiger partial charge is 0.472 e. The van der Waals surface area contributed by atoms with E-state index in [2.05, 4.69) is 14.5 Å². The SMILES string of the molecule is COP(=O)(O)OC(CO)CCOCNN. The Hall–Kier alpha value is -0.0500. The zero-order valence-corrected chi connectivity index (χ0v) is 9.35. The first-order chi connectivity index (χ1) is 7.05. The predicted octanol–water partition coefficient (Wildman–Crippen LogP) is -1.06. The molecule has 0 aliphatic rings. The van der Waals surface area contributed by atoms with Crippen LogP contribution in [0, 0.1) is 0 Å². The summed E-state index contributed by atoms with van der Waals surface area (Å²) in [5.74, 6) is 4.94. The first kappa shape index (κ1) is 14.9. The molecule has 0 aliphatic heterocycles. The quantitative estimate of drug-likeness (QED) is 0.133. The summed E-state index contributed by atoms with van der Waals surface area (Å²) < 4.78 is 24.7. The fourth-order valence-electron chi connectivity index (χ4n) is 0.755. The van der Waals surface area contributed by atoms with E-state index < -0.39 is 20.5 Å². The van der Waals surface area contributed by atoms with Gasteiger partial charge in [0.05, 0.1) is 19.3 Å². The third kappa shape index (κ3) is 7.83. The van der Waals surface area contributed by atoms with Crippen LogP contribution in [0.25, 0.3) is 0 Å². The van der Waals surface area contributed by atoms with Gasteiger partial charge in [0.15, 0.2) is 0 Å². The summed E-state index contributed by atoms with van der Waals surface area (Å²) in [5, 5.41) is 8.83. The number of hydrogen-bond donors (Lipinski definition) is 4. The molecule has 0 radical (unpaired) electrons. The van der Waals surface area contributed by atoms with Gasteiger partial charge in [-0.05, 0) is 6.42 Å². The van der Waals surface area contributed by atoms with E-state index >= 15 is 0 Å². The molecule has 0 fully saturated rings. The zero-order valence-electron chi connectivity index (χ0n) is 8.46. The number of aliphatic hydroxyl groups excluding tert-OH is 1. The Kier molecular flexibility index (Phi) is 8.12. The second kappa shape index (κ2) is 8.14. The van der Waals surface area contributed by atoms with E-state index in [1.165, 1.54) is 0 Å². The van der Waals surface area contributed by atoms with Crippen LogP contribution >= 0.6 is 7.82 Å². The summed E-state index contributed by atoms with van der Waals surface area (Å²) in [7, 11) is -3.01. The van der Waals surface area contributed by atoms with Crippen LogP contribution < -0.4 is 11.3 Å². The third-order valence-corrected chi connectivity index (χ3v) is 2.51. The zero-order chi connectivity index (χ0) is 11.7. The van der Waals surface area contributed by atoms with E-state index in [0.717, 1.165) is 7.11 Å². The predicted molar refractivity (Wildman–Crippen MR) is 51.6 cm³/mol. The van der Waals surface area contributed by atoms with Gasteiger partial charge in [-0.15, -0.1) is 0 Å². The Morgan fingerprint density at radius 1 is 1.60 bits per heavy atom. The number of hydrogen-bond acceptors (Lipinski definition) is 7. The van der Waals surface area contributed by atoms with Crippen molar-refractivity contribution in [1.82, 2.24) is 5.43 Å². The van der Waals surface area contributed by atoms with Crippen molar-refractivity contribution in [2.24, 2.45) is 5.84 Å². The van der Waals surface area contributed by atoms with E-state index in [9.17, 15) is 4.57 Å². The first-order valence-corrected chi connectivity index (χ1v) is 5.74. The van der Waals surface area contributed by atoms with Gasteiger partial charge in [0.2, 0.25) is 0 Å². The molecule has 0 rings (SSSR count). The highest BCUT2D eigenvalue weighted by molar-refractivity contribution is 7.47. The van der Waals surface area contributed by atoms with Gasteiger partial charge in [-0.3, -0.25) is 14.9 Å². The van der Waals surface area contributed by atoms with Crippen molar-refractivity contribution in [3.05, 3.63) is 0 Å². The number of ether oxygens (including phenoxy) is 1. The standard InChI is InChI=1S/C6H17N2O6P/c1-12-15(10,11)14-6(4-9)2-3-13-5-8-7/h6,8-9H,2-5,7H2,1H3,(H,10,11). The van der Waals surface area contributed by atoms with Crippen LogP contribution in [0.4, 0.5) is 0 Å². The molecule has 0 aliphatic carbocycles. The molecular weight excluding hydrogens is 227 g/mol. The summed E-state index contributed by atoms with van der Waals surface area (Å²) in [5.41, 5.74) is 2.26. The smallest absolute Gasteiger partial charge is 0.394 e. The minimum Gasteiger partial charge on any atom is -0.394 e. The van der Waals surface area contributed by atoms with Gasteiger partial charge in [-0.25, -0.2) is 9.99 Å². The van der Waals surface area contributed by atoms with Crippen LogP contribution in [0.1, 0.15) is 6.42 Å². The highest BCUT2D eigenvalue weighted by Crippen LogP contribution is 2.43. The van der Waals surface area contributed by atoms with E-state index in [1.807, 2.05) is 0 Å². The number of nitrogens with one attached hydrogen (secondary N) is 1. The molecule has 2 atom stereocenters. The minimum atomic E-state index is -4.06. The summed E-state index contributed by atoms with van der Waals surface area (Å²) in [6.45, 7) is -0.00826. The lowest BCUT2D eigenvalue weighted by molar-refractivity contribution is 0.0357. The maximum atomic E-state index is 11.0. The average Bonchev–Trinajstić information content (AvgIpc) is 2.22. The van der Waals surface area contributed by atoms with Crippen LogP contribution in [-0.2, 0) is 18.3 Å². The van der Waals surface area contributed by atoms with Gasteiger partial charge in [0, 0.05) is 7.11 Å². The van der Waals surface area contributed by atoms with E-state index in [-0.39, 0.29) is 19.8 Å². The fraction of sp³-hybridized carbons (Fsp3) is 1.00. The molecule has 5 N–H and O–H groups in total. The topological polar surface area (TPSA) is 123 Å². The van der Waals surface area contributed by atoms with E-state index in [1.54, 1.807) is 0 Å². The van der Waals surface area contributed by atoms with Crippen LogP contribution in [-0.4, -0.2) is 43.2 Å². The molecule has 8 nitrogen and oxygen atoms in total. The molecule has 0 aromatic heterocycles. The van der Waals surface area contributed by atoms with Crippen molar-refractivity contribution >= 4 is 7.82 Å². The van der Waals surface area contributed by atoms with E-state index in [0.29, 0.717) is 0 Å². The molecule has 0 aromatic carbocycles. The minimum absolute atomic E-state index is 0.152. The van der Waals surface area contributed by atoms with Gasteiger partial charge in [0.25, 0.3) is 0 Å². The van der Waals surface area contributed by atoms with Crippen LogP contribution in [0.2, 0.25) is 0 Å². The average molecular weight is 244 g/mol. The van der Waals surface area contributed by atoms with Crippen LogP contribution in [0.5, 0.6) is 0 Å². The Balaban J connectivity index is 3.78. The molecule has 0 spiro atoms. The number of phosphoric acid groups is 1. The Labute approximate surface area is 87.9 Å². The van der Waals surface area contributed by atoms with Gasteiger partial charge in [-0.2, -0.15) is 0 Å². The number of aliphatic hydroxyl groups is 1. The normalized spacial score (nSPS) is 17.3. The molecule has 0 saturated carbocycles. The molecule has 2 unspecified atom stereocenters. The Morgan fingerprint density at radius 2 is 2.27 bits per heavy atom. The molecule has 15 heavy (non-hydrogen) atoms. The van der Waals surface area contributed by atoms with Crippen molar-refractivity contribution in [1.29, 1.82) is 0 Å². The first-order valence-electron chi connectivity index (χ1n) is 4.24. The number of rotatable bonds is 9. The van der Waals surface area contributed by atoms with Crippen molar-refractivity contribution in [2.75, 3.05) is 27.1 Å². The van der Waals surface area contributed by atoms with Crippen molar-refractivity contribution < 1.29 is 28.3 Å². The second-order valence-corrected chi connectivity index (χ2v) is 4.12. The van der Waals surface area contributed by atoms with Crippen molar-refractivity contribution in [3.8, 4) is 0 Å². The highest BCUT2D eigenvalue weighted by atomic mass is 31.2. The highest BCUT2D eigenvalue weighted by Gasteiger charge is 2.24. The van der Waals surface area contributed by atoms with Gasteiger partial charge >= 0.3 is 7.82 Å². The summed E-state index contributed by atoms with van der Waals surface area (Å²) in [4.78, 5) is 8.95. The molecule has 0 aromatic rings. The monoisotopic (exact) mass is 244 g/mol. The summed E-state index contributed by atoms with van der Waals surface area (Å²) in [6, 6.07) is 0. The maximum Gasteiger partial charge on any atom is 0.472 e. The molecule has 0 amide bonds. The number of hydrazine groups is 1. The lowest BCUT2D eigenvalue weighted by Crippen LogP contribution is -2.26. The number of nitrogens with two attached hydrogens (primary N) is 1. The fourth-order valence-corrected chi connectivity index (χ4v) is 1.39. The summed E-state index contributed by atoms with van der Waals surface area (Å²) in [6.07, 6.45) is -0.551. The van der Waals surface area contributed by atoms with Crippen molar-refractivity contribution in [2.45, 2.75) is 12.5 Å². The summed E-state index contributed by atoms with van der Waals surface area (Å²) >= 11 is 0. The Morgan fingerprint density at radius 3 is 2.73 bits per heavy atom. The molecular formula is C6H17N2O6P. The van der Waals surface area contributed by atoms with Crippen LogP contribution in [0.3, 0.4) is 0 Å². The molecule has 92 valence electrons. The molecule has 0 bridgehead atoms. The van der Waals surface area contributed by atoms with E-state index in [4.69, 9.17) is 20.6 Å². The molecule has 0 saturated heterocycles. The lowest BCUT2D eigenvalue weighted by atomic mass is 10.3. The second-order valence-electron chi connectivity index (χ2n) is 2.61. The lowest BCUT2D eigenvalue weighted by Gasteiger charge is -2.17. The molecule has 0 heterocycles. The van der Waals surface area contributed by atoms with Crippen LogP contribution in [0.15, 0.2) is 0 Å². The van der Waals surface area contributed by atoms with Gasteiger partial charge in [-0.1, -0.05) is 0 Å². The number of phosphoric ester groups is 1. The maximum absolute atomic E-state index is 11.0. The van der Waals surface area contributed by atoms with Gasteiger partial charge < -0.3 is 14.7 Å².